The van der Waals surface area contributed by atoms with E-state index in [9.17, 15) is 0 Å². The van der Waals surface area contributed by atoms with E-state index in [1.165, 1.54) is 0 Å². The number of rotatable bonds is 2. The summed E-state index contributed by atoms with van der Waals surface area (Å²) in [6.45, 7) is 7.12. The van der Waals surface area contributed by atoms with Crippen LogP contribution in [0, 0.1) is 6.92 Å². The largest absolute Gasteiger partial charge is 0.243 e. The highest BCUT2D eigenvalue weighted by Gasteiger charge is 2.07. The van der Waals surface area contributed by atoms with Crippen LogP contribution in [0.15, 0.2) is 12.7 Å². The van der Waals surface area contributed by atoms with Gasteiger partial charge in [-0.1, -0.05) is 6.08 Å². The van der Waals surface area contributed by atoms with E-state index in [-0.39, 0.29) is 5.54 Å². The third-order valence-electron chi connectivity index (χ3n) is 0.626. The number of halogens is 2. The smallest absolute Gasteiger partial charge is 0.150 e. The van der Waals surface area contributed by atoms with Gasteiger partial charge in [0.1, 0.15) is 0 Å². The third-order valence-corrected chi connectivity index (χ3v) is 3.49. The molecule has 0 aliphatic carbocycles. The first-order valence-electron chi connectivity index (χ1n) is 1.92. The fourth-order valence-corrected chi connectivity index (χ4v) is 0.926. The standard InChI is InChI=1S/C4H7Cl2Si/c1-3-4(2)7(5)6/h3-4,7H,1-2H2. The van der Waals surface area contributed by atoms with Crippen LogP contribution in [0.3, 0.4) is 0 Å². The molecule has 0 bridgehead atoms. The number of hydrogen-bond acceptors (Lipinski definition) is 0. The normalized spacial score (nSPS) is 14.3. The average molecular weight is 154 g/mol. The second-order valence-electron chi connectivity index (χ2n) is 1.23. The molecule has 0 fully saturated rings. The fraction of sp³-hybridized carbons (Fsp3) is 0.250. The Kier molecular flexibility index (Phi) is 3.80. The van der Waals surface area contributed by atoms with E-state index < -0.39 is 7.42 Å². The molecule has 0 amide bonds. The lowest BCUT2D eigenvalue weighted by Gasteiger charge is -1.99. The third kappa shape index (κ3) is 3.15. The molecule has 0 aromatic carbocycles. The highest BCUT2D eigenvalue weighted by molar-refractivity contribution is 7.34. The molecule has 3 heteroatoms. The maximum atomic E-state index is 5.50. The van der Waals surface area contributed by atoms with E-state index in [1.807, 2.05) is 0 Å². The zero-order valence-corrected chi connectivity index (χ0v) is 6.57. The lowest BCUT2D eigenvalue weighted by atomic mass is 10.5. The molecule has 1 atom stereocenters. The number of hydrogen-bond donors (Lipinski definition) is 0. The topological polar surface area (TPSA) is 0 Å². The summed E-state index contributed by atoms with van der Waals surface area (Å²) in [6.07, 6.45) is 1.68. The zero-order valence-electron chi connectivity index (χ0n) is 3.90. The van der Waals surface area contributed by atoms with Crippen LogP contribution in [0.1, 0.15) is 0 Å². The molecule has 7 heavy (non-hydrogen) atoms. The van der Waals surface area contributed by atoms with Gasteiger partial charge >= 0.3 is 0 Å². The van der Waals surface area contributed by atoms with E-state index in [4.69, 9.17) is 22.2 Å². The van der Waals surface area contributed by atoms with Crippen molar-refractivity contribution in [1.29, 1.82) is 0 Å². The minimum Gasteiger partial charge on any atom is -0.150 e. The Morgan fingerprint density at radius 3 is 2.00 bits per heavy atom. The second-order valence-corrected chi connectivity index (χ2v) is 6.25. The second kappa shape index (κ2) is 3.53. The van der Waals surface area contributed by atoms with E-state index in [0.717, 1.165) is 0 Å². The number of allylic oxidation sites excluding steroid dienone is 1. The average Bonchev–Trinajstić information content (AvgIpc) is 1.65. The van der Waals surface area contributed by atoms with Gasteiger partial charge in [-0.3, -0.25) is 0 Å². The summed E-state index contributed by atoms with van der Waals surface area (Å²) in [5.74, 6) is 0. The first-order valence-corrected chi connectivity index (χ1v) is 6.08. The summed E-state index contributed by atoms with van der Waals surface area (Å²) in [5.41, 5.74) is 0.0864. The Morgan fingerprint density at radius 1 is 1.57 bits per heavy atom. The van der Waals surface area contributed by atoms with Gasteiger partial charge in [-0.15, -0.1) is 28.7 Å². The molecule has 0 heterocycles. The maximum Gasteiger partial charge on any atom is 0.243 e. The van der Waals surface area contributed by atoms with E-state index in [1.54, 1.807) is 6.08 Å². The van der Waals surface area contributed by atoms with Crippen molar-refractivity contribution in [2.75, 3.05) is 0 Å². The predicted molar refractivity (Wildman–Crippen MR) is 38.2 cm³/mol. The molecule has 0 saturated heterocycles. The van der Waals surface area contributed by atoms with E-state index in [2.05, 4.69) is 13.5 Å². The molecule has 41 valence electrons. The SMILES string of the molecule is [CH2]C(C=C)[SiH](Cl)Cl. The zero-order chi connectivity index (χ0) is 5.86. The maximum absolute atomic E-state index is 5.50. The predicted octanol–water partition coefficient (Wildman–Crippen LogP) is 2.07. The van der Waals surface area contributed by atoms with Crippen LogP contribution in [0.4, 0.5) is 0 Å². The van der Waals surface area contributed by atoms with Crippen molar-refractivity contribution in [3.05, 3.63) is 19.6 Å². The van der Waals surface area contributed by atoms with Crippen LogP contribution >= 0.6 is 22.2 Å². The minimum absolute atomic E-state index is 0.0864. The molecular formula is C4H7Cl2Si. The Bertz CT molecular complexity index is 62.7. The highest BCUT2D eigenvalue weighted by atomic mass is 35.7. The molecule has 1 radical (unpaired) electrons. The lowest BCUT2D eigenvalue weighted by molar-refractivity contribution is 1.38. The summed E-state index contributed by atoms with van der Waals surface area (Å²) in [5, 5.41) is 0. The molecule has 0 saturated carbocycles. The Labute approximate surface area is 55.1 Å². The summed E-state index contributed by atoms with van der Waals surface area (Å²) in [4.78, 5) is 0. The molecule has 0 N–H and O–H groups in total. The molecule has 0 spiro atoms. The summed E-state index contributed by atoms with van der Waals surface area (Å²) in [6, 6.07) is 0. The van der Waals surface area contributed by atoms with Crippen molar-refractivity contribution < 1.29 is 0 Å². The summed E-state index contributed by atoms with van der Waals surface area (Å²) in [7, 11) is -1.55. The van der Waals surface area contributed by atoms with Crippen molar-refractivity contribution in [3.8, 4) is 0 Å². The van der Waals surface area contributed by atoms with Crippen LogP contribution < -0.4 is 0 Å². The van der Waals surface area contributed by atoms with Crippen molar-refractivity contribution in [2.24, 2.45) is 0 Å². The van der Waals surface area contributed by atoms with Crippen LogP contribution in [0.25, 0.3) is 0 Å². The van der Waals surface area contributed by atoms with Gasteiger partial charge in [-0.2, -0.15) is 0 Å². The first-order chi connectivity index (χ1) is 3.18. The molecule has 0 nitrogen and oxygen atoms in total. The van der Waals surface area contributed by atoms with Crippen molar-refractivity contribution in [1.82, 2.24) is 0 Å². The highest BCUT2D eigenvalue weighted by Crippen LogP contribution is 2.15. The van der Waals surface area contributed by atoms with Crippen molar-refractivity contribution in [3.63, 3.8) is 0 Å². The molecule has 0 aromatic heterocycles. The van der Waals surface area contributed by atoms with Gasteiger partial charge in [0.2, 0.25) is 7.42 Å². The Balaban J connectivity index is 3.33. The Hall–Kier alpha value is 0.537. The molecule has 0 rings (SSSR count). The van der Waals surface area contributed by atoms with E-state index in [0.29, 0.717) is 0 Å². The van der Waals surface area contributed by atoms with Gasteiger partial charge in [-0.05, 0) is 12.5 Å². The van der Waals surface area contributed by atoms with Gasteiger partial charge in [0.05, 0.1) is 0 Å². The summed E-state index contributed by atoms with van der Waals surface area (Å²) < 4.78 is 0. The van der Waals surface area contributed by atoms with Crippen molar-refractivity contribution in [2.45, 2.75) is 5.54 Å². The lowest BCUT2D eigenvalue weighted by Crippen LogP contribution is -1.98. The molecule has 0 aliphatic rings. The quantitative estimate of drug-likeness (QED) is 0.324. The summed E-state index contributed by atoms with van der Waals surface area (Å²) >= 11 is 11.0. The van der Waals surface area contributed by atoms with Gasteiger partial charge in [0.25, 0.3) is 0 Å². The molecular weight excluding hydrogens is 147 g/mol. The van der Waals surface area contributed by atoms with Crippen LogP contribution in [-0.4, -0.2) is 7.42 Å². The van der Waals surface area contributed by atoms with Gasteiger partial charge in [0.15, 0.2) is 0 Å². The first kappa shape index (κ1) is 7.54. The Morgan fingerprint density at radius 2 is 2.00 bits per heavy atom. The van der Waals surface area contributed by atoms with Crippen LogP contribution in [0.2, 0.25) is 5.54 Å². The molecule has 0 aromatic rings. The van der Waals surface area contributed by atoms with Gasteiger partial charge < -0.3 is 0 Å². The fourth-order valence-electron chi connectivity index (χ4n) is 0.103. The van der Waals surface area contributed by atoms with Gasteiger partial charge in [-0.25, -0.2) is 0 Å². The monoisotopic (exact) mass is 153 g/mol. The van der Waals surface area contributed by atoms with Crippen molar-refractivity contribution >= 4 is 29.6 Å². The molecule has 1 unspecified atom stereocenters. The van der Waals surface area contributed by atoms with Gasteiger partial charge in [0, 0.05) is 0 Å². The van der Waals surface area contributed by atoms with Crippen LogP contribution in [0.5, 0.6) is 0 Å². The molecule has 0 aliphatic heterocycles. The minimum atomic E-state index is -1.55. The van der Waals surface area contributed by atoms with Crippen LogP contribution in [-0.2, 0) is 0 Å². The van der Waals surface area contributed by atoms with E-state index >= 15 is 0 Å².